The van der Waals surface area contributed by atoms with Crippen LogP contribution in [0.15, 0.2) is 70.9 Å². The van der Waals surface area contributed by atoms with Gasteiger partial charge in [0.15, 0.2) is 9.84 Å². The molecule has 140 valence electrons. The Morgan fingerprint density at radius 3 is 2.37 bits per heavy atom. The highest BCUT2D eigenvalue weighted by atomic mass is 32.2. The number of hydrogen-bond acceptors (Lipinski definition) is 4. The number of nitrogens with one attached hydrogen (secondary N) is 1. The van der Waals surface area contributed by atoms with Gasteiger partial charge in [-0.2, -0.15) is 0 Å². The fourth-order valence-electron chi connectivity index (χ4n) is 2.80. The number of hydrogen-bond donors (Lipinski definition) is 1. The van der Waals surface area contributed by atoms with Gasteiger partial charge in [-0.3, -0.25) is 4.79 Å². The van der Waals surface area contributed by atoms with Gasteiger partial charge in [-0.25, -0.2) is 8.42 Å². The average molecular weight is 400 g/mol. The Morgan fingerprint density at radius 1 is 1.00 bits per heavy atom. The van der Waals surface area contributed by atoms with E-state index in [9.17, 15) is 13.2 Å². The van der Waals surface area contributed by atoms with Gasteiger partial charge >= 0.3 is 0 Å². The van der Waals surface area contributed by atoms with Gasteiger partial charge in [-0.15, -0.1) is 11.3 Å². The molecule has 0 aliphatic heterocycles. The van der Waals surface area contributed by atoms with Crippen LogP contribution < -0.4 is 5.32 Å². The molecule has 1 atom stereocenters. The third kappa shape index (κ3) is 4.46. The molecular formula is C21H21NO3S2. The molecule has 0 unspecified atom stereocenters. The van der Waals surface area contributed by atoms with Crippen LogP contribution >= 0.6 is 11.3 Å². The third-order valence-electron chi connectivity index (χ3n) is 4.31. The minimum absolute atomic E-state index is 0.0174. The Hall–Kier alpha value is -2.44. The first-order valence-corrected chi connectivity index (χ1v) is 11.0. The maximum Gasteiger partial charge on any atom is 0.251 e. The van der Waals surface area contributed by atoms with Gasteiger partial charge in [0, 0.05) is 17.0 Å². The lowest BCUT2D eigenvalue weighted by Gasteiger charge is -2.18. The molecule has 4 nitrogen and oxygen atoms in total. The van der Waals surface area contributed by atoms with Crippen LogP contribution in [0.2, 0.25) is 0 Å². The maximum absolute atomic E-state index is 13.2. The van der Waals surface area contributed by atoms with Crippen LogP contribution in [0.4, 0.5) is 0 Å². The van der Waals surface area contributed by atoms with Gasteiger partial charge in [-0.1, -0.05) is 41.5 Å². The Kier molecular flexibility index (Phi) is 5.77. The van der Waals surface area contributed by atoms with Crippen LogP contribution in [0.5, 0.6) is 0 Å². The zero-order valence-corrected chi connectivity index (χ0v) is 16.8. The van der Waals surface area contributed by atoms with Crippen molar-refractivity contribution in [2.45, 2.75) is 24.0 Å². The number of thiophene rings is 1. The summed E-state index contributed by atoms with van der Waals surface area (Å²) in [5.74, 6) is -0.278. The van der Waals surface area contributed by atoms with E-state index in [1.807, 2.05) is 37.4 Å². The Bertz CT molecular complexity index is 1020. The highest BCUT2D eigenvalue weighted by molar-refractivity contribution is 7.91. The summed E-state index contributed by atoms with van der Waals surface area (Å²) in [6.07, 6.45) is 0. The Balaban J connectivity index is 1.86. The van der Waals surface area contributed by atoms with Crippen molar-refractivity contribution in [3.8, 4) is 0 Å². The molecule has 2 aromatic carbocycles. The van der Waals surface area contributed by atoms with E-state index in [2.05, 4.69) is 5.32 Å². The van der Waals surface area contributed by atoms with Gasteiger partial charge in [0.05, 0.1) is 4.90 Å². The second-order valence-electron chi connectivity index (χ2n) is 6.44. The summed E-state index contributed by atoms with van der Waals surface area (Å²) >= 11 is 1.38. The van der Waals surface area contributed by atoms with Crippen molar-refractivity contribution in [3.63, 3.8) is 0 Å². The highest BCUT2D eigenvalue weighted by Crippen LogP contribution is 2.31. The fraction of sp³-hybridized carbons (Fsp3) is 0.190. The van der Waals surface area contributed by atoms with Crippen molar-refractivity contribution in [1.29, 1.82) is 0 Å². The van der Waals surface area contributed by atoms with E-state index in [1.165, 1.54) is 11.3 Å². The molecule has 0 bridgehead atoms. The van der Waals surface area contributed by atoms with Gasteiger partial charge in [-0.05, 0) is 49.6 Å². The number of sulfone groups is 1. The summed E-state index contributed by atoms with van der Waals surface area (Å²) in [7, 11) is -3.63. The largest absolute Gasteiger partial charge is 0.350 e. The van der Waals surface area contributed by atoms with Gasteiger partial charge in [0.1, 0.15) is 5.25 Å². The van der Waals surface area contributed by atoms with Gasteiger partial charge < -0.3 is 5.32 Å². The number of carbonyl (C=O) groups excluding carboxylic acids is 1. The quantitative estimate of drug-likeness (QED) is 0.672. The van der Waals surface area contributed by atoms with Crippen molar-refractivity contribution in [2.24, 2.45) is 0 Å². The van der Waals surface area contributed by atoms with Gasteiger partial charge in [0.25, 0.3) is 5.91 Å². The molecule has 0 aliphatic carbocycles. The number of amides is 1. The molecule has 0 fully saturated rings. The molecule has 3 aromatic rings. The van der Waals surface area contributed by atoms with Crippen molar-refractivity contribution >= 4 is 27.1 Å². The lowest BCUT2D eigenvalue weighted by atomic mass is 10.1. The van der Waals surface area contributed by atoms with Gasteiger partial charge in [0.2, 0.25) is 0 Å². The molecule has 0 aliphatic rings. The van der Waals surface area contributed by atoms with E-state index in [0.717, 1.165) is 11.1 Å². The van der Waals surface area contributed by atoms with Crippen molar-refractivity contribution in [1.82, 2.24) is 5.32 Å². The second kappa shape index (κ2) is 8.06. The molecule has 0 saturated heterocycles. The molecule has 0 radical (unpaired) electrons. The van der Waals surface area contributed by atoms with E-state index >= 15 is 0 Å². The molecule has 1 heterocycles. The van der Waals surface area contributed by atoms with Crippen LogP contribution in [-0.2, 0) is 9.84 Å². The lowest BCUT2D eigenvalue weighted by molar-refractivity contribution is 0.0953. The van der Waals surface area contributed by atoms with Crippen LogP contribution in [0.1, 0.15) is 31.6 Å². The first-order chi connectivity index (χ1) is 12.9. The first-order valence-electron chi connectivity index (χ1n) is 8.57. The molecule has 1 N–H and O–H groups in total. The number of carbonyl (C=O) groups is 1. The predicted molar refractivity (Wildman–Crippen MR) is 109 cm³/mol. The Morgan fingerprint density at radius 2 is 1.74 bits per heavy atom. The van der Waals surface area contributed by atoms with E-state index in [0.29, 0.717) is 10.4 Å². The Labute approximate surface area is 163 Å². The molecule has 6 heteroatoms. The summed E-state index contributed by atoms with van der Waals surface area (Å²) < 4.78 is 26.4. The number of aryl methyl sites for hydroxylation is 2. The molecule has 3 rings (SSSR count). The minimum atomic E-state index is -3.63. The van der Waals surface area contributed by atoms with E-state index < -0.39 is 15.1 Å². The summed E-state index contributed by atoms with van der Waals surface area (Å²) in [6.45, 7) is 3.84. The topological polar surface area (TPSA) is 63.2 Å². The number of rotatable bonds is 6. The molecule has 0 spiro atoms. The minimum Gasteiger partial charge on any atom is -0.350 e. The molecule has 27 heavy (non-hydrogen) atoms. The summed E-state index contributed by atoms with van der Waals surface area (Å²) in [6, 6.07) is 17.6. The number of benzene rings is 2. The monoisotopic (exact) mass is 399 g/mol. The predicted octanol–water partition coefficient (Wildman–Crippen LogP) is 4.31. The van der Waals surface area contributed by atoms with Crippen LogP contribution in [0.3, 0.4) is 0 Å². The zero-order valence-electron chi connectivity index (χ0n) is 15.2. The zero-order chi connectivity index (χ0) is 19.4. The van der Waals surface area contributed by atoms with Crippen molar-refractivity contribution < 1.29 is 13.2 Å². The van der Waals surface area contributed by atoms with E-state index in [1.54, 1.807) is 42.5 Å². The van der Waals surface area contributed by atoms with Crippen LogP contribution in [0.25, 0.3) is 0 Å². The van der Waals surface area contributed by atoms with Crippen molar-refractivity contribution in [2.75, 3.05) is 6.54 Å². The standard InChI is InChI=1S/C21H21NO3S2/c1-15-8-10-18(11-9-15)27(24,25)20(19-7-4-12-26-19)14-22-21(23)17-6-3-5-16(2)13-17/h3-13,20H,14H2,1-2H3,(H,22,23)/t20-/m0/s1. The lowest BCUT2D eigenvalue weighted by Crippen LogP contribution is -2.31. The maximum atomic E-state index is 13.2. The first kappa shape index (κ1) is 19.3. The smallest absolute Gasteiger partial charge is 0.251 e. The van der Waals surface area contributed by atoms with E-state index in [4.69, 9.17) is 0 Å². The third-order valence-corrected chi connectivity index (χ3v) is 7.55. The molecule has 0 saturated carbocycles. The molecule has 1 aromatic heterocycles. The van der Waals surface area contributed by atoms with Crippen LogP contribution in [-0.4, -0.2) is 20.9 Å². The summed E-state index contributed by atoms with van der Waals surface area (Å²) in [4.78, 5) is 13.4. The second-order valence-corrected chi connectivity index (χ2v) is 9.55. The van der Waals surface area contributed by atoms with E-state index in [-0.39, 0.29) is 17.3 Å². The normalized spacial score (nSPS) is 12.5. The van der Waals surface area contributed by atoms with Crippen LogP contribution in [0, 0.1) is 13.8 Å². The average Bonchev–Trinajstić information content (AvgIpc) is 3.16. The molecule has 1 amide bonds. The SMILES string of the molecule is Cc1ccc(S(=O)(=O)[C@@H](CNC(=O)c2cccc(C)c2)c2cccs2)cc1. The fourth-order valence-corrected chi connectivity index (χ4v) is 5.59. The molecular weight excluding hydrogens is 378 g/mol. The highest BCUT2D eigenvalue weighted by Gasteiger charge is 2.30. The van der Waals surface area contributed by atoms with Crippen molar-refractivity contribution in [3.05, 3.63) is 87.6 Å². The summed E-state index contributed by atoms with van der Waals surface area (Å²) in [5.41, 5.74) is 2.49. The summed E-state index contributed by atoms with van der Waals surface area (Å²) in [5, 5.41) is 3.81.